The number of rotatable bonds is 7. The average molecular weight is 443 g/mol. The Bertz CT molecular complexity index is 1130. The van der Waals surface area contributed by atoms with Gasteiger partial charge < -0.3 is 14.4 Å². The van der Waals surface area contributed by atoms with Crippen molar-refractivity contribution in [2.24, 2.45) is 0 Å². The van der Waals surface area contributed by atoms with Gasteiger partial charge in [0.25, 0.3) is 0 Å². The van der Waals surface area contributed by atoms with Gasteiger partial charge in [-0.3, -0.25) is 0 Å². The smallest absolute Gasteiger partial charge is 0.339 e. The molecule has 0 atom stereocenters. The Morgan fingerprint density at radius 3 is 2.32 bits per heavy atom. The summed E-state index contributed by atoms with van der Waals surface area (Å²) in [7, 11) is -4.11. The summed E-state index contributed by atoms with van der Waals surface area (Å²) >= 11 is 0. The van der Waals surface area contributed by atoms with E-state index in [1.165, 1.54) is 6.07 Å². The lowest BCUT2D eigenvalue weighted by Gasteiger charge is -2.27. The van der Waals surface area contributed by atoms with Gasteiger partial charge in [-0.2, -0.15) is 8.42 Å². The number of benzene rings is 3. The molecule has 0 radical (unpaired) electrons. The quantitative estimate of drug-likeness (QED) is 0.521. The van der Waals surface area contributed by atoms with Crippen molar-refractivity contribution in [2.75, 3.05) is 5.32 Å². The van der Waals surface area contributed by atoms with E-state index < -0.39 is 15.9 Å². The molecule has 3 rings (SSSR count). The molecule has 0 bridgehead atoms. The average Bonchev–Trinajstić information content (AvgIpc) is 2.72. The van der Waals surface area contributed by atoms with Crippen molar-refractivity contribution < 1.29 is 21.8 Å². The molecule has 31 heavy (non-hydrogen) atoms. The second-order valence-electron chi connectivity index (χ2n) is 7.16. The molecular formula is C23H23FN2O4S. The van der Waals surface area contributed by atoms with Crippen LogP contribution in [0.1, 0.15) is 19.4 Å². The summed E-state index contributed by atoms with van der Waals surface area (Å²) in [5.74, 6) is -0.433. The van der Waals surface area contributed by atoms with E-state index >= 15 is 0 Å². The molecule has 162 valence electrons. The van der Waals surface area contributed by atoms with Crippen LogP contribution < -0.4 is 9.50 Å². The fourth-order valence-corrected chi connectivity index (χ4v) is 3.80. The Morgan fingerprint density at radius 2 is 1.68 bits per heavy atom. The van der Waals surface area contributed by atoms with Crippen LogP contribution in [-0.2, 0) is 16.7 Å². The maximum Gasteiger partial charge on any atom is 0.339 e. The number of nitrogens with zero attached hydrogens (tertiary/aromatic N) is 1. The van der Waals surface area contributed by atoms with Crippen LogP contribution in [0.5, 0.6) is 5.75 Å². The van der Waals surface area contributed by atoms with Gasteiger partial charge in [0.05, 0.1) is 0 Å². The van der Waals surface area contributed by atoms with Crippen molar-refractivity contribution in [2.45, 2.75) is 31.3 Å². The molecule has 8 heteroatoms. The Balaban J connectivity index is 1.75. The number of halogens is 1. The lowest BCUT2D eigenvalue weighted by molar-refractivity contribution is 0.193. The highest BCUT2D eigenvalue weighted by Crippen LogP contribution is 2.22. The summed E-state index contributed by atoms with van der Waals surface area (Å²) in [6, 6.07) is 19.6. The molecular weight excluding hydrogens is 419 g/mol. The molecule has 0 unspecified atom stereocenters. The monoisotopic (exact) mass is 442 g/mol. The van der Waals surface area contributed by atoms with Gasteiger partial charge in [-0.25, -0.2) is 9.18 Å². The first kappa shape index (κ1) is 22.3. The normalized spacial score (nSPS) is 11.2. The van der Waals surface area contributed by atoms with E-state index in [9.17, 15) is 17.6 Å². The van der Waals surface area contributed by atoms with E-state index in [1.807, 2.05) is 32.0 Å². The molecule has 1 N–H and O–H groups in total. The van der Waals surface area contributed by atoms with Gasteiger partial charge in [0.1, 0.15) is 16.5 Å². The number of amides is 2. The number of urea groups is 1. The van der Waals surface area contributed by atoms with Crippen molar-refractivity contribution in [1.29, 1.82) is 0 Å². The van der Waals surface area contributed by atoms with Gasteiger partial charge in [-0.15, -0.1) is 0 Å². The predicted octanol–water partition coefficient (Wildman–Crippen LogP) is 5.04. The minimum absolute atomic E-state index is 0.101. The van der Waals surface area contributed by atoms with Crippen molar-refractivity contribution in [3.8, 4) is 5.75 Å². The number of hydrogen-bond donors (Lipinski definition) is 1. The van der Waals surface area contributed by atoms with Crippen molar-refractivity contribution in [3.05, 3.63) is 90.2 Å². The minimum atomic E-state index is -4.11. The van der Waals surface area contributed by atoms with Crippen LogP contribution in [0.2, 0.25) is 0 Å². The number of carbonyl (C=O) groups is 1. The summed E-state index contributed by atoms with van der Waals surface area (Å²) in [5, 5.41) is 2.85. The molecule has 0 aliphatic carbocycles. The van der Waals surface area contributed by atoms with Crippen molar-refractivity contribution >= 4 is 21.8 Å². The fraction of sp³-hybridized carbons (Fsp3) is 0.174. The summed E-state index contributed by atoms with van der Waals surface area (Å²) in [5.41, 5.74) is 1.38. The lowest BCUT2D eigenvalue weighted by Crippen LogP contribution is -2.39. The Morgan fingerprint density at radius 1 is 1.00 bits per heavy atom. The second kappa shape index (κ2) is 9.61. The van der Waals surface area contributed by atoms with Gasteiger partial charge in [-0.1, -0.05) is 30.3 Å². The van der Waals surface area contributed by atoms with Gasteiger partial charge in [-0.05, 0) is 67.9 Å². The summed E-state index contributed by atoms with van der Waals surface area (Å²) in [6.45, 7) is 4.04. The first-order chi connectivity index (χ1) is 14.7. The van der Waals surface area contributed by atoms with Gasteiger partial charge >= 0.3 is 16.1 Å². The second-order valence-corrected chi connectivity index (χ2v) is 8.70. The van der Waals surface area contributed by atoms with Crippen LogP contribution in [0.25, 0.3) is 0 Å². The van der Waals surface area contributed by atoms with Gasteiger partial charge in [0.2, 0.25) is 0 Å². The fourth-order valence-electron chi connectivity index (χ4n) is 2.87. The van der Waals surface area contributed by atoms with Crippen LogP contribution in [0, 0.1) is 5.82 Å². The molecule has 3 aromatic carbocycles. The lowest BCUT2D eigenvalue weighted by atomic mass is 10.2. The number of nitrogens with one attached hydrogen (secondary N) is 1. The molecule has 0 aliphatic heterocycles. The molecule has 0 saturated heterocycles. The topological polar surface area (TPSA) is 75.7 Å². The molecule has 0 heterocycles. The Kier molecular flexibility index (Phi) is 6.91. The predicted molar refractivity (Wildman–Crippen MR) is 117 cm³/mol. The minimum Gasteiger partial charge on any atom is -0.379 e. The molecule has 6 nitrogen and oxygen atoms in total. The van der Waals surface area contributed by atoms with Crippen LogP contribution >= 0.6 is 0 Å². The van der Waals surface area contributed by atoms with E-state index in [2.05, 4.69) is 5.32 Å². The van der Waals surface area contributed by atoms with E-state index in [-0.39, 0.29) is 29.3 Å². The van der Waals surface area contributed by atoms with E-state index in [4.69, 9.17) is 4.18 Å². The van der Waals surface area contributed by atoms with Crippen LogP contribution in [-0.4, -0.2) is 25.4 Å². The molecule has 0 fully saturated rings. The largest absolute Gasteiger partial charge is 0.379 e. The zero-order valence-electron chi connectivity index (χ0n) is 17.2. The zero-order valence-corrected chi connectivity index (χ0v) is 18.0. The van der Waals surface area contributed by atoms with E-state index in [0.717, 1.165) is 24.3 Å². The summed E-state index contributed by atoms with van der Waals surface area (Å²) in [4.78, 5) is 14.2. The maximum absolute atomic E-state index is 13.1. The SMILES string of the molecule is CC(C)N(Cc1cccc(OS(=O)(=O)c2ccc(F)cc2)c1)C(=O)Nc1ccccc1. The first-order valence-electron chi connectivity index (χ1n) is 9.66. The third kappa shape index (κ3) is 6.05. The van der Waals surface area contributed by atoms with Crippen molar-refractivity contribution in [1.82, 2.24) is 4.90 Å². The van der Waals surface area contributed by atoms with Gasteiger partial charge in [0, 0.05) is 18.3 Å². The number of carbonyl (C=O) groups excluding carboxylic acids is 1. The van der Waals surface area contributed by atoms with E-state index in [1.54, 1.807) is 35.2 Å². The highest BCUT2D eigenvalue weighted by Gasteiger charge is 2.20. The van der Waals surface area contributed by atoms with Crippen LogP contribution in [0.3, 0.4) is 0 Å². The molecule has 0 aliphatic rings. The third-order valence-corrected chi connectivity index (χ3v) is 5.73. The molecule has 0 aromatic heterocycles. The van der Waals surface area contributed by atoms with Gasteiger partial charge in [0.15, 0.2) is 0 Å². The third-order valence-electron chi connectivity index (χ3n) is 4.47. The highest BCUT2D eigenvalue weighted by molar-refractivity contribution is 7.87. The zero-order chi connectivity index (χ0) is 22.4. The number of anilines is 1. The Hall–Kier alpha value is -3.39. The molecule has 0 spiro atoms. The van der Waals surface area contributed by atoms with Crippen molar-refractivity contribution in [3.63, 3.8) is 0 Å². The van der Waals surface area contributed by atoms with Crippen LogP contribution in [0.15, 0.2) is 83.8 Å². The molecule has 2 amide bonds. The standard InChI is InChI=1S/C23H23FN2O4S/c1-17(2)26(23(27)25-20-8-4-3-5-9-20)16-18-7-6-10-21(15-18)30-31(28,29)22-13-11-19(24)12-14-22/h3-15,17H,16H2,1-2H3,(H,25,27). The number of para-hydroxylation sites is 1. The molecule has 3 aromatic rings. The maximum atomic E-state index is 13.1. The van der Waals surface area contributed by atoms with E-state index in [0.29, 0.717) is 11.3 Å². The summed E-state index contributed by atoms with van der Waals surface area (Å²) < 4.78 is 43.2. The molecule has 0 saturated carbocycles. The first-order valence-corrected chi connectivity index (χ1v) is 11.1. The summed E-state index contributed by atoms with van der Waals surface area (Å²) in [6.07, 6.45) is 0. The highest BCUT2D eigenvalue weighted by atomic mass is 32.2. The van der Waals surface area contributed by atoms with Crippen LogP contribution in [0.4, 0.5) is 14.9 Å². The Labute approximate surface area is 181 Å². The number of hydrogen-bond acceptors (Lipinski definition) is 4.